The highest BCUT2D eigenvalue weighted by Gasteiger charge is 2.19. The normalized spacial score (nSPS) is 18.1. The number of aliphatic hydroxyl groups is 1. The second kappa shape index (κ2) is 5.36. The molecule has 19 heavy (non-hydrogen) atoms. The maximum atomic E-state index is 11.6. The van der Waals surface area contributed by atoms with Crippen LogP contribution in [0.15, 0.2) is 35.1 Å². The van der Waals surface area contributed by atoms with Crippen molar-refractivity contribution >= 4 is 17.8 Å². The molecule has 0 bridgehead atoms. The molecule has 1 aromatic rings. The first-order valence-corrected chi connectivity index (χ1v) is 5.53. The van der Waals surface area contributed by atoms with Gasteiger partial charge in [-0.05, 0) is 18.2 Å². The summed E-state index contributed by atoms with van der Waals surface area (Å²) < 4.78 is 0. The summed E-state index contributed by atoms with van der Waals surface area (Å²) in [6, 6.07) is 3.29. The number of rotatable bonds is 4. The predicted molar refractivity (Wildman–Crippen MR) is 67.0 cm³/mol. The van der Waals surface area contributed by atoms with Crippen LogP contribution in [-0.2, 0) is 4.79 Å². The average molecular weight is 263 g/mol. The van der Waals surface area contributed by atoms with E-state index < -0.39 is 12.0 Å². The van der Waals surface area contributed by atoms with Crippen LogP contribution < -0.4 is 16.4 Å². The van der Waals surface area contributed by atoms with Gasteiger partial charge in [0.1, 0.15) is 11.4 Å². The largest absolute Gasteiger partial charge is 0.387 e. The second-order valence-electron chi connectivity index (χ2n) is 3.86. The summed E-state index contributed by atoms with van der Waals surface area (Å²) in [4.78, 5) is 29.3. The number of nitrogens with zero attached hydrogens (tertiary/aromatic N) is 1. The Balaban J connectivity index is 1.88. The highest BCUT2D eigenvalue weighted by molar-refractivity contribution is 6.11. The van der Waals surface area contributed by atoms with Crippen molar-refractivity contribution in [2.45, 2.75) is 6.10 Å². The summed E-state index contributed by atoms with van der Waals surface area (Å²) in [5.41, 5.74) is 5.72. The molecule has 2 rings (SSSR count). The Morgan fingerprint density at radius 1 is 1.63 bits per heavy atom. The fourth-order valence-electron chi connectivity index (χ4n) is 1.51. The van der Waals surface area contributed by atoms with E-state index in [4.69, 9.17) is 5.73 Å². The monoisotopic (exact) mass is 263 g/mol. The van der Waals surface area contributed by atoms with Gasteiger partial charge < -0.3 is 21.1 Å². The lowest BCUT2D eigenvalue weighted by atomic mass is 10.2. The maximum absolute atomic E-state index is 11.6. The molecule has 8 nitrogen and oxygen atoms in total. The Hall–Kier alpha value is -2.61. The SMILES string of the molecule is NC1=N/C(=C\[C@H](O)CNC(=O)c2ccc[nH]2)C(=O)N1. The van der Waals surface area contributed by atoms with Gasteiger partial charge in [-0.25, -0.2) is 4.99 Å². The topological polar surface area (TPSA) is 133 Å². The summed E-state index contributed by atoms with van der Waals surface area (Å²) in [7, 11) is 0. The third kappa shape index (κ3) is 3.19. The van der Waals surface area contributed by atoms with Crippen molar-refractivity contribution in [3.63, 3.8) is 0 Å². The lowest BCUT2D eigenvalue weighted by Gasteiger charge is -2.07. The van der Waals surface area contributed by atoms with E-state index in [0.717, 1.165) is 0 Å². The van der Waals surface area contributed by atoms with Gasteiger partial charge in [0.2, 0.25) is 5.96 Å². The lowest BCUT2D eigenvalue weighted by molar-refractivity contribution is -0.115. The first-order chi connectivity index (χ1) is 9.06. The van der Waals surface area contributed by atoms with E-state index in [0.29, 0.717) is 5.69 Å². The van der Waals surface area contributed by atoms with Crippen molar-refractivity contribution in [1.29, 1.82) is 0 Å². The Labute approximate surface area is 108 Å². The molecule has 100 valence electrons. The third-order valence-corrected chi connectivity index (χ3v) is 2.38. The molecule has 6 N–H and O–H groups in total. The number of nitrogens with one attached hydrogen (secondary N) is 3. The van der Waals surface area contributed by atoms with Gasteiger partial charge >= 0.3 is 0 Å². The van der Waals surface area contributed by atoms with Crippen molar-refractivity contribution in [3.05, 3.63) is 35.8 Å². The number of aromatic amines is 1. The predicted octanol–water partition coefficient (Wildman–Crippen LogP) is -1.57. The van der Waals surface area contributed by atoms with E-state index in [2.05, 4.69) is 20.6 Å². The molecule has 0 radical (unpaired) electrons. The van der Waals surface area contributed by atoms with Gasteiger partial charge in [-0.3, -0.25) is 14.9 Å². The molecule has 0 aromatic carbocycles. The highest BCUT2D eigenvalue weighted by atomic mass is 16.3. The number of hydrogen-bond acceptors (Lipinski definition) is 5. The average Bonchev–Trinajstić information content (AvgIpc) is 2.97. The van der Waals surface area contributed by atoms with Crippen molar-refractivity contribution in [2.24, 2.45) is 10.7 Å². The van der Waals surface area contributed by atoms with Gasteiger partial charge in [0.05, 0.1) is 6.10 Å². The maximum Gasteiger partial charge on any atom is 0.276 e. The summed E-state index contributed by atoms with van der Waals surface area (Å²) >= 11 is 0. The minimum atomic E-state index is -1.03. The summed E-state index contributed by atoms with van der Waals surface area (Å²) in [5, 5.41) is 14.5. The van der Waals surface area contributed by atoms with E-state index in [-0.39, 0.29) is 24.1 Å². The van der Waals surface area contributed by atoms with Gasteiger partial charge in [-0.15, -0.1) is 0 Å². The van der Waals surface area contributed by atoms with E-state index in [1.165, 1.54) is 6.08 Å². The van der Waals surface area contributed by atoms with Crippen LogP contribution in [0.5, 0.6) is 0 Å². The number of H-pyrrole nitrogens is 1. The van der Waals surface area contributed by atoms with Gasteiger partial charge in [-0.1, -0.05) is 0 Å². The molecular formula is C11H13N5O3. The van der Waals surface area contributed by atoms with Crippen LogP contribution >= 0.6 is 0 Å². The number of nitrogens with two attached hydrogens (primary N) is 1. The van der Waals surface area contributed by atoms with Crippen LogP contribution in [0.2, 0.25) is 0 Å². The van der Waals surface area contributed by atoms with Gasteiger partial charge in [-0.2, -0.15) is 0 Å². The fourth-order valence-corrected chi connectivity index (χ4v) is 1.51. The van der Waals surface area contributed by atoms with Crippen molar-refractivity contribution < 1.29 is 14.7 Å². The molecule has 0 fully saturated rings. The molecule has 1 aromatic heterocycles. The number of aliphatic hydroxyl groups excluding tert-OH is 1. The van der Waals surface area contributed by atoms with Crippen LogP contribution in [-0.4, -0.2) is 40.5 Å². The third-order valence-electron chi connectivity index (χ3n) is 2.38. The Morgan fingerprint density at radius 3 is 3.00 bits per heavy atom. The molecule has 2 heterocycles. The number of carbonyl (C=O) groups excluding carboxylic acids is 2. The summed E-state index contributed by atoms with van der Waals surface area (Å²) in [5.74, 6) is -0.840. The molecular weight excluding hydrogens is 250 g/mol. The zero-order valence-electron chi connectivity index (χ0n) is 9.88. The minimum Gasteiger partial charge on any atom is -0.387 e. The Morgan fingerprint density at radius 2 is 2.42 bits per heavy atom. The van der Waals surface area contributed by atoms with Crippen molar-refractivity contribution in [2.75, 3.05) is 6.54 Å². The van der Waals surface area contributed by atoms with E-state index in [1.807, 2.05) is 0 Å². The Kier molecular flexibility index (Phi) is 3.62. The molecule has 0 unspecified atom stereocenters. The molecule has 0 aliphatic carbocycles. The van der Waals surface area contributed by atoms with E-state index in [1.54, 1.807) is 18.3 Å². The van der Waals surface area contributed by atoms with Gasteiger partial charge in [0.15, 0.2) is 0 Å². The number of carbonyl (C=O) groups is 2. The van der Waals surface area contributed by atoms with Crippen LogP contribution in [0.3, 0.4) is 0 Å². The number of aromatic nitrogens is 1. The van der Waals surface area contributed by atoms with Crippen LogP contribution in [0, 0.1) is 0 Å². The minimum absolute atomic E-state index is 0.0149. The molecule has 1 aliphatic heterocycles. The second-order valence-corrected chi connectivity index (χ2v) is 3.86. The number of guanidine groups is 1. The summed E-state index contributed by atoms with van der Waals surface area (Å²) in [6.45, 7) is -0.0376. The van der Waals surface area contributed by atoms with Crippen LogP contribution in [0.25, 0.3) is 0 Å². The molecule has 0 saturated carbocycles. The highest BCUT2D eigenvalue weighted by Crippen LogP contribution is 2.04. The van der Waals surface area contributed by atoms with Crippen LogP contribution in [0.4, 0.5) is 0 Å². The quantitative estimate of drug-likeness (QED) is 0.420. The van der Waals surface area contributed by atoms with Crippen LogP contribution in [0.1, 0.15) is 10.5 Å². The molecule has 2 amide bonds. The van der Waals surface area contributed by atoms with E-state index in [9.17, 15) is 14.7 Å². The fraction of sp³-hybridized carbons (Fsp3) is 0.182. The molecule has 8 heteroatoms. The van der Waals surface area contributed by atoms with Crippen molar-refractivity contribution in [1.82, 2.24) is 15.6 Å². The molecule has 0 saturated heterocycles. The lowest BCUT2D eigenvalue weighted by Crippen LogP contribution is -2.32. The standard InChI is InChI=1S/C11H13N5O3/c12-11-15-8(10(19)16-11)4-6(17)5-14-9(18)7-2-1-3-13-7/h1-4,6,13,17H,5H2,(H,14,18)(H3,12,15,16,19)/b8-4-/t6-/m0/s1. The molecule has 0 spiro atoms. The zero-order chi connectivity index (χ0) is 13.8. The summed E-state index contributed by atoms with van der Waals surface area (Å²) in [6.07, 6.45) is 1.81. The number of amides is 2. The van der Waals surface area contributed by atoms with E-state index >= 15 is 0 Å². The Bertz CT molecular complexity index is 547. The first-order valence-electron chi connectivity index (χ1n) is 5.53. The molecule has 1 atom stereocenters. The first kappa shape index (κ1) is 12.8. The number of aliphatic imine (C=N–C) groups is 1. The van der Waals surface area contributed by atoms with Gasteiger partial charge in [0, 0.05) is 12.7 Å². The van der Waals surface area contributed by atoms with Gasteiger partial charge in [0.25, 0.3) is 11.8 Å². The molecule has 1 aliphatic rings. The zero-order valence-corrected chi connectivity index (χ0v) is 9.88. The number of hydrogen-bond donors (Lipinski definition) is 5. The van der Waals surface area contributed by atoms with Crippen molar-refractivity contribution in [3.8, 4) is 0 Å². The smallest absolute Gasteiger partial charge is 0.276 e.